The van der Waals surface area contributed by atoms with Crippen LogP contribution in [0.5, 0.6) is 0 Å². The second kappa shape index (κ2) is 2.92. The van der Waals surface area contributed by atoms with Crippen molar-refractivity contribution in [2.75, 3.05) is 0 Å². The SMILES string of the molecule is CCCCc1c[nH]s1. The molecule has 1 nitrogen and oxygen atoms in total. The van der Waals surface area contributed by atoms with E-state index in [0.717, 1.165) is 0 Å². The number of rotatable bonds is 3. The smallest absolute Gasteiger partial charge is 0.0384 e. The Labute approximate surface area is 53.9 Å². The topological polar surface area (TPSA) is 15.8 Å². The van der Waals surface area contributed by atoms with Crippen LogP contribution in [0, 0.1) is 0 Å². The molecule has 0 spiro atoms. The third-order valence-corrected chi connectivity index (χ3v) is 2.01. The molecule has 0 bridgehead atoms. The molecule has 0 fully saturated rings. The second-order valence-electron chi connectivity index (χ2n) is 1.93. The maximum absolute atomic E-state index is 3.02. The molecular weight excluding hydrogens is 118 g/mol. The summed E-state index contributed by atoms with van der Waals surface area (Å²) < 4.78 is 3.02. The van der Waals surface area contributed by atoms with E-state index < -0.39 is 0 Å². The molecule has 0 radical (unpaired) electrons. The van der Waals surface area contributed by atoms with Crippen molar-refractivity contribution in [1.82, 2.24) is 4.37 Å². The summed E-state index contributed by atoms with van der Waals surface area (Å²) in [6.45, 7) is 2.22. The van der Waals surface area contributed by atoms with Gasteiger partial charge in [0.15, 0.2) is 0 Å². The van der Waals surface area contributed by atoms with Gasteiger partial charge in [-0.3, -0.25) is 0 Å². The molecule has 0 amide bonds. The summed E-state index contributed by atoms with van der Waals surface area (Å²) in [5, 5.41) is 0. The Balaban J connectivity index is 2.09. The first-order valence-corrected chi connectivity index (χ1v) is 3.86. The van der Waals surface area contributed by atoms with Crippen molar-refractivity contribution in [1.29, 1.82) is 0 Å². The van der Waals surface area contributed by atoms with E-state index in [1.54, 1.807) is 11.5 Å². The molecule has 0 aliphatic heterocycles. The highest BCUT2D eigenvalue weighted by Gasteiger charge is 1.92. The van der Waals surface area contributed by atoms with E-state index >= 15 is 0 Å². The molecule has 2 heteroatoms. The van der Waals surface area contributed by atoms with Gasteiger partial charge in [-0.25, -0.2) is 0 Å². The number of hydrogen-bond acceptors (Lipinski definition) is 1. The largest absolute Gasteiger partial charge is 0.317 e. The lowest BCUT2D eigenvalue weighted by atomic mass is 10.2. The van der Waals surface area contributed by atoms with Crippen molar-refractivity contribution >= 4 is 11.5 Å². The van der Waals surface area contributed by atoms with Crippen LogP contribution in [-0.4, -0.2) is 4.37 Å². The average molecular weight is 129 g/mol. The third-order valence-electron chi connectivity index (χ3n) is 1.19. The van der Waals surface area contributed by atoms with Gasteiger partial charge >= 0.3 is 0 Å². The summed E-state index contributed by atoms with van der Waals surface area (Å²) in [5.74, 6) is 0. The van der Waals surface area contributed by atoms with E-state index in [2.05, 4.69) is 17.5 Å². The Bertz CT molecular complexity index is 123. The van der Waals surface area contributed by atoms with Crippen molar-refractivity contribution < 1.29 is 0 Å². The van der Waals surface area contributed by atoms with Crippen LogP contribution < -0.4 is 0 Å². The van der Waals surface area contributed by atoms with Crippen LogP contribution in [0.2, 0.25) is 0 Å². The minimum atomic E-state index is 1.27. The number of aryl methyl sites for hydroxylation is 1. The fraction of sp³-hybridized carbons (Fsp3) is 0.667. The molecule has 8 heavy (non-hydrogen) atoms. The van der Waals surface area contributed by atoms with Crippen LogP contribution in [0.1, 0.15) is 24.6 Å². The molecule has 0 unspecified atom stereocenters. The van der Waals surface area contributed by atoms with Gasteiger partial charge in [-0.1, -0.05) is 24.9 Å². The maximum atomic E-state index is 3.02. The molecule has 0 aliphatic carbocycles. The monoisotopic (exact) mass is 129 g/mol. The zero-order valence-corrected chi connectivity index (χ0v) is 5.92. The molecule has 1 rings (SSSR count). The van der Waals surface area contributed by atoms with Crippen molar-refractivity contribution in [3.8, 4) is 0 Å². The van der Waals surface area contributed by atoms with E-state index in [4.69, 9.17) is 0 Å². The first-order valence-electron chi connectivity index (χ1n) is 3.05. The highest BCUT2D eigenvalue weighted by atomic mass is 32.1. The summed E-state index contributed by atoms with van der Waals surface area (Å²) in [4.78, 5) is 1.51. The highest BCUT2D eigenvalue weighted by molar-refractivity contribution is 7.06. The number of hydrogen-bond donors (Lipinski definition) is 1. The normalized spacial score (nSPS) is 10.1. The highest BCUT2D eigenvalue weighted by Crippen LogP contribution is 2.09. The fourth-order valence-corrected chi connectivity index (χ4v) is 1.15. The molecule has 1 N–H and O–H groups in total. The minimum absolute atomic E-state index is 1.27. The van der Waals surface area contributed by atoms with Crippen molar-refractivity contribution in [2.45, 2.75) is 26.2 Å². The lowest BCUT2D eigenvalue weighted by molar-refractivity contribution is 0.799. The maximum Gasteiger partial charge on any atom is 0.0384 e. The summed E-state index contributed by atoms with van der Waals surface area (Å²) >= 11 is 1.76. The van der Waals surface area contributed by atoms with Crippen LogP contribution in [0.4, 0.5) is 0 Å². The molecule has 46 valence electrons. The molecule has 0 saturated heterocycles. The first-order chi connectivity index (χ1) is 3.93. The van der Waals surface area contributed by atoms with Crippen LogP contribution >= 0.6 is 11.5 Å². The minimum Gasteiger partial charge on any atom is -0.317 e. The molecule has 0 atom stereocenters. The summed E-state index contributed by atoms with van der Waals surface area (Å²) in [6, 6.07) is 0. The zero-order valence-electron chi connectivity index (χ0n) is 5.11. The average Bonchev–Trinajstić information content (AvgIpc) is 1.63. The van der Waals surface area contributed by atoms with Gasteiger partial charge in [-0.05, 0) is 12.8 Å². The zero-order chi connectivity index (χ0) is 5.82. The molecule has 0 aromatic carbocycles. The van der Waals surface area contributed by atoms with E-state index in [9.17, 15) is 0 Å². The summed E-state index contributed by atoms with van der Waals surface area (Å²) in [6.07, 6.45) is 5.99. The van der Waals surface area contributed by atoms with Gasteiger partial charge in [0.1, 0.15) is 0 Å². The Morgan fingerprint density at radius 1 is 1.75 bits per heavy atom. The Morgan fingerprint density at radius 2 is 2.50 bits per heavy atom. The van der Waals surface area contributed by atoms with Gasteiger partial charge < -0.3 is 4.37 Å². The van der Waals surface area contributed by atoms with Crippen LogP contribution in [0.15, 0.2) is 6.20 Å². The Hall–Kier alpha value is -0.240. The van der Waals surface area contributed by atoms with Crippen LogP contribution in [-0.2, 0) is 6.42 Å². The van der Waals surface area contributed by atoms with E-state index in [-0.39, 0.29) is 0 Å². The van der Waals surface area contributed by atoms with E-state index in [1.165, 1.54) is 24.1 Å². The van der Waals surface area contributed by atoms with Crippen molar-refractivity contribution in [3.63, 3.8) is 0 Å². The van der Waals surface area contributed by atoms with Gasteiger partial charge in [-0.2, -0.15) is 0 Å². The molecule has 1 aromatic heterocycles. The quantitative estimate of drug-likeness (QED) is 0.645. The molecular formula is C6H11NS. The standard InChI is InChI=1S/C6H11NS/c1-2-3-4-6-5-7-8-6/h5,7H,2-4H2,1H3. The second-order valence-corrected chi connectivity index (χ2v) is 2.90. The third kappa shape index (κ3) is 1.37. The predicted octanol–water partition coefficient (Wildman–Crippen LogP) is 2.42. The molecule has 1 heterocycles. The Morgan fingerprint density at radius 3 is 2.88 bits per heavy atom. The van der Waals surface area contributed by atoms with Crippen LogP contribution in [0.25, 0.3) is 0 Å². The lowest BCUT2D eigenvalue weighted by Gasteiger charge is -1.98. The lowest BCUT2D eigenvalue weighted by Crippen LogP contribution is -1.84. The number of nitrogens with one attached hydrogen (secondary N) is 1. The van der Waals surface area contributed by atoms with Crippen molar-refractivity contribution in [3.05, 3.63) is 11.1 Å². The fourth-order valence-electron chi connectivity index (χ4n) is 0.616. The van der Waals surface area contributed by atoms with E-state index in [1.807, 2.05) is 0 Å². The van der Waals surface area contributed by atoms with Gasteiger partial charge in [0.2, 0.25) is 0 Å². The summed E-state index contributed by atoms with van der Waals surface area (Å²) in [5.41, 5.74) is 0. The number of aromatic nitrogens is 1. The van der Waals surface area contributed by atoms with Gasteiger partial charge in [0.25, 0.3) is 0 Å². The number of aromatic amines is 1. The van der Waals surface area contributed by atoms with Crippen LogP contribution in [0.3, 0.4) is 0 Å². The number of unbranched alkanes of at least 4 members (excludes halogenated alkanes) is 1. The van der Waals surface area contributed by atoms with Crippen molar-refractivity contribution in [2.24, 2.45) is 0 Å². The predicted molar refractivity (Wildman–Crippen MR) is 37.3 cm³/mol. The number of H-pyrrole nitrogens is 1. The summed E-state index contributed by atoms with van der Waals surface area (Å²) in [7, 11) is 0. The van der Waals surface area contributed by atoms with E-state index in [0.29, 0.717) is 0 Å². The molecule has 1 aromatic rings. The van der Waals surface area contributed by atoms with Gasteiger partial charge in [-0.15, -0.1) is 0 Å². The molecule has 0 saturated carbocycles. The Kier molecular flexibility index (Phi) is 2.15. The molecule has 0 aliphatic rings. The van der Waals surface area contributed by atoms with Gasteiger partial charge in [0, 0.05) is 11.1 Å². The van der Waals surface area contributed by atoms with Gasteiger partial charge in [0.05, 0.1) is 0 Å². The first kappa shape index (κ1) is 5.89.